The molecule has 150 valence electrons. The standard InChI is InChI=1S/C19H15F3N4O3/c1-28-16-9-14-13(8-15(16)26-5-6-29-18(26)27)17(24-10-23-14)25-12-4-2-3-11(7-12)19(20,21)22/h2-4,7-10H,5-6H2,1H3,(H,23,24,25). The number of nitrogens with zero attached hydrogens (tertiary/aromatic N) is 3. The van der Waals surface area contributed by atoms with E-state index in [4.69, 9.17) is 9.47 Å². The van der Waals surface area contributed by atoms with Crippen molar-refractivity contribution >= 4 is 34.2 Å². The maximum atomic E-state index is 13.0. The molecule has 0 saturated carbocycles. The summed E-state index contributed by atoms with van der Waals surface area (Å²) in [4.78, 5) is 21.7. The van der Waals surface area contributed by atoms with Crippen LogP contribution in [0.4, 0.5) is 35.2 Å². The lowest BCUT2D eigenvalue weighted by Crippen LogP contribution is -2.23. The molecule has 4 rings (SSSR count). The van der Waals surface area contributed by atoms with Gasteiger partial charge in [0.25, 0.3) is 0 Å². The Bertz CT molecular complexity index is 1090. The summed E-state index contributed by atoms with van der Waals surface area (Å²) in [5.74, 6) is 0.714. The highest BCUT2D eigenvalue weighted by Gasteiger charge is 2.30. The molecule has 29 heavy (non-hydrogen) atoms. The number of amides is 1. The van der Waals surface area contributed by atoms with Gasteiger partial charge in [0, 0.05) is 17.1 Å². The SMILES string of the molecule is COc1cc2ncnc(Nc3cccc(C(F)(F)F)c3)c2cc1N1CCOC1=O. The van der Waals surface area contributed by atoms with Gasteiger partial charge in [-0.25, -0.2) is 14.8 Å². The van der Waals surface area contributed by atoms with E-state index < -0.39 is 17.8 Å². The minimum Gasteiger partial charge on any atom is -0.494 e. The zero-order valence-corrected chi connectivity index (χ0v) is 15.2. The number of benzene rings is 2. The number of nitrogens with one attached hydrogen (secondary N) is 1. The molecule has 10 heteroatoms. The third-order valence-corrected chi connectivity index (χ3v) is 4.44. The van der Waals surface area contributed by atoms with Crippen LogP contribution in [0.15, 0.2) is 42.7 Å². The smallest absolute Gasteiger partial charge is 0.416 e. The second-order valence-corrected chi connectivity index (χ2v) is 6.23. The van der Waals surface area contributed by atoms with Crippen molar-refractivity contribution in [3.63, 3.8) is 0 Å². The van der Waals surface area contributed by atoms with Crippen LogP contribution in [0.25, 0.3) is 10.9 Å². The van der Waals surface area contributed by atoms with Crippen LogP contribution in [0.3, 0.4) is 0 Å². The molecule has 3 aromatic rings. The molecule has 0 unspecified atom stereocenters. The van der Waals surface area contributed by atoms with E-state index in [-0.39, 0.29) is 12.3 Å². The van der Waals surface area contributed by atoms with Crippen molar-refractivity contribution in [3.05, 3.63) is 48.3 Å². The number of halogens is 3. The van der Waals surface area contributed by atoms with Gasteiger partial charge in [0.2, 0.25) is 0 Å². The van der Waals surface area contributed by atoms with Crippen molar-refractivity contribution < 1.29 is 27.4 Å². The lowest BCUT2D eigenvalue weighted by atomic mass is 10.1. The summed E-state index contributed by atoms with van der Waals surface area (Å²) < 4.78 is 49.3. The fraction of sp³-hybridized carbons (Fsp3) is 0.211. The minimum absolute atomic E-state index is 0.220. The number of fused-ring (bicyclic) bond motifs is 1. The van der Waals surface area contributed by atoms with E-state index >= 15 is 0 Å². The Labute approximate surface area is 163 Å². The zero-order valence-electron chi connectivity index (χ0n) is 15.2. The fourth-order valence-corrected chi connectivity index (χ4v) is 3.07. The van der Waals surface area contributed by atoms with Gasteiger partial charge in [-0.3, -0.25) is 4.90 Å². The van der Waals surface area contributed by atoms with Crippen LogP contribution < -0.4 is 15.0 Å². The fourth-order valence-electron chi connectivity index (χ4n) is 3.07. The van der Waals surface area contributed by atoms with Crippen LogP contribution in [0, 0.1) is 0 Å². The van der Waals surface area contributed by atoms with E-state index in [1.165, 1.54) is 30.5 Å². The van der Waals surface area contributed by atoms with Gasteiger partial charge in [-0.15, -0.1) is 0 Å². The molecule has 2 aromatic carbocycles. The molecule has 2 heterocycles. The number of ether oxygens (including phenoxy) is 2. The van der Waals surface area contributed by atoms with Gasteiger partial charge in [-0.2, -0.15) is 13.2 Å². The van der Waals surface area contributed by atoms with Gasteiger partial charge in [-0.05, 0) is 24.3 Å². The number of aromatic nitrogens is 2. The van der Waals surface area contributed by atoms with Gasteiger partial charge in [0.05, 0.1) is 30.4 Å². The van der Waals surface area contributed by atoms with Gasteiger partial charge >= 0.3 is 12.3 Å². The van der Waals surface area contributed by atoms with Gasteiger partial charge in [0.1, 0.15) is 24.5 Å². The lowest BCUT2D eigenvalue weighted by Gasteiger charge is -2.18. The van der Waals surface area contributed by atoms with Crippen molar-refractivity contribution in [1.29, 1.82) is 0 Å². The number of carbonyl (C=O) groups is 1. The molecule has 1 fully saturated rings. The van der Waals surface area contributed by atoms with Crippen molar-refractivity contribution in [2.24, 2.45) is 0 Å². The molecule has 1 amide bonds. The Morgan fingerprint density at radius 1 is 1.21 bits per heavy atom. The largest absolute Gasteiger partial charge is 0.494 e. The Morgan fingerprint density at radius 2 is 2.03 bits per heavy atom. The Balaban J connectivity index is 1.78. The number of hydrogen-bond donors (Lipinski definition) is 1. The van der Waals surface area contributed by atoms with Crippen molar-refractivity contribution in [3.8, 4) is 5.75 Å². The highest BCUT2D eigenvalue weighted by atomic mass is 19.4. The van der Waals surface area contributed by atoms with Crippen molar-refractivity contribution in [2.45, 2.75) is 6.18 Å². The number of alkyl halides is 3. The average molecular weight is 404 g/mol. The second kappa shape index (κ2) is 7.12. The first kappa shape index (κ1) is 18.8. The number of anilines is 3. The second-order valence-electron chi connectivity index (χ2n) is 6.23. The molecule has 7 nitrogen and oxygen atoms in total. The molecular weight excluding hydrogens is 389 g/mol. The predicted octanol–water partition coefficient (Wildman–Crippen LogP) is 4.36. The van der Waals surface area contributed by atoms with Crippen LogP contribution in [-0.2, 0) is 10.9 Å². The number of cyclic esters (lactones) is 1. The van der Waals surface area contributed by atoms with Crippen molar-refractivity contribution in [1.82, 2.24) is 9.97 Å². The summed E-state index contributed by atoms with van der Waals surface area (Å²) in [6.07, 6.45) is -3.67. The summed E-state index contributed by atoms with van der Waals surface area (Å²) in [6, 6.07) is 8.09. The number of rotatable bonds is 4. The van der Waals surface area contributed by atoms with Crippen LogP contribution >= 0.6 is 0 Å². The molecule has 1 N–H and O–H groups in total. The monoisotopic (exact) mass is 404 g/mol. The van der Waals surface area contributed by atoms with E-state index in [0.717, 1.165) is 12.1 Å². The van der Waals surface area contributed by atoms with Crippen LogP contribution in [0.5, 0.6) is 5.75 Å². The highest BCUT2D eigenvalue weighted by Crippen LogP contribution is 2.37. The highest BCUT2D eigenvalue weighted by molar-refractivity contribution is 5.99. The third-order valence-electron chi connectivity index (χ3n) is 4.44. The first-order chi connectivity index (χ1) is 13.9. The molecule has 0 aliphatic carbocycles. The first-order valence-corrected chi connectivity index (χ1v) is 8.58. The van der Waals surface area contributed by atoms with E-state index in [9.17, 15) is 18.0 Å². The summed E-state index contributed by atoms with van der Waals surface area (Å²) >= 11 is 0. The van der Waals surface area contributed by atoms with E-state index in [1.807, 2.05) is 0 Å². The Morgan fingerprint density at radius 3 is 2.72 bits per heavy atom. The molecule has 0 spiro atoms. The first-order valence-electron chi connectivity index (χ1n) is 8.58. The normalized spacial score (nSPS) is 14.2. The molecule has 1 aliphatic rings. The summed E-state index contributed by atoms with van der Waals surface area (Å²) in [6.45, 7) is 0.603. The molecule has 0 radical (unpaired) electrons. The number of hydrogen-bond acceptors (Lipinski definition) is 6. The van der Waals surface area contributed by atoms with Crippen molar-refractivity contribution in [2.75, 3.05) is 30.5 Å². The molecule has 1 aromatic heterocycles. The van der Waals surface area contributed by atoms with Crippen LogP contribution in [0.1, 0.15) is 5.56 Å². The maximum Gasteiger partial charge on any atom is 0.416 e. The Hall–Kier alpha value is -3.56. The summed E-state index contributed by atoms with van der Waals surface area (Å²) in [7, 11) is 1.47. The van der Waals surface area contributed by atoms with E-state index in [2.05, 4.69) is 15.3 Å². The van der Waals surface area contributed by atoms with E-state index in [0.29, 0.717) is 34.7 Å². The molecule has 0 bridgehead atoms. The zero-order chi connectivity index (χ0) is 20.6. The van der Waals surface area contributed by atoms with Gasteiger partial charge in [0.15, 0.2) is 0 Å². The Kier molecular flexibility index (Phi) is 4.61. The van der Waals surface area contributed by atoms with Gasteiger partial charge < -0.3 is 14.8 Å². The third kappa shape index (κ3) is 3.60. The van der Waals surface area contributed by atoms with Crippen LogP contribution in [-0.4, -0.2) is 36.3 Å². The average Bonchev–Trinajstić information content (AvgIpc) is 3.12. The minimum atomic E-state index is -4.46. The van der Waals surface area contributed by atoms with Crippen LogP contribution in [0.2, 0.25) is 0 Å². The van der Waals surface area contributed by atoms with Gasteiger partial charge in [-0.1, -0.05) is 6.07 Å². The number of methoxy groups -OCH3 is 1. The molecular formula is C19H15F3N4O3. The van der Waals surface area contributed by atoms with E-state index in [1.54, 1.807) is 12.1 Å². The molecule has 1 saturated heterocycles. The predicted molar refractivity (Wildman–Crippen MR) is 99.5 cm³/mol. The number of carbonyl (C=O) groups excluding carboxylic acids is 1. The summed E-state index contributed by atoms with van der Waals surface area (Å²) in [5, 5.41) is 3.41. The quantitative estimate of drug-likeness (QED) is 0.697. The lowest BCUT2D eigenvalue weighted by molar-refractivity contribution is -0.137. The molecule has 1 aliphatic heterocycles. The summed E-state index contributed by atoms with van der Waals surface area (Å²) in [5.41, 5.74) is 0.410. The maximum absolute atomic E-state index is 13.0. The topological polar surface area (TPSA) is 76.6 Å². The molecule has 0 atom stereocenters.